The van der Waals surface area contributed by atoms with Crippen molar-refractivity contribution < 1.29 is 14.2 Å². The summed E-state index contributed by atoms with van der Waals surface area (Å²) in [5, 5.41) is 4.66. The van der Waals surface area contributed by atoms with Crippen LogP contribution >= 0.6 is 11.8 Å². The van der Waals surface area contributed by atoms with Crippen molar-refractivity contribution in [1.82, 2.24) is 15.4 Å². The van der Waals surface area contributed by atoms with E-state index in [4.69, 9.17) is 19.9 Å². The van der Waals surface area contributed by atoms with Crippen LogP contribution in [-0.4, -0.2) is 31.5 Å². The number of methoxy groups -OCH3 is 3. The predicted molar refractivity (Wildman–Crippen MR) is 138 cm³/mol. The molecule has 5 N–H and O–H groups in total. The molecule has 4 aromatic rings. The summed E-state index contributed by atoms with van der Waals surface area (Å²) in [6.07, 6.45) is 0. The third-order valence-corrected chi connectivity index (χ3v) is 6.97. The van der Waals surface area contributed by atoms with Crippen LogP contribution in [0.4, 0.5) is 17.2 Å². The van der Waals surface area contributed by atoms with E-state index in [-0.39, 0.29) is 11.1 Å². The highest BCUT2D eigenvalue weighted by molar-refractivity contribution is 7.99. The van der Waals surface area contributed by atoms with Gasteiger partial charge in [0, 0.05) is 18.1 Å². The zero-order valence-corrected chi connectivity index (χ0v) is 20.0. The molecule has 1 aliphatic heterocycles. The van der Waals surface area contributed by atoms with Crippen LogP contribution in [-0.2, 0) is 4.74 Å². The molecule has 0 saturated carbocycles. The van der Waals surface area contributed by atoms with Crippen molar-refractivity contribution in [3.05, 3.63) is 66.7 Å². The molecule has 5 rings (SSSR count). The molecule has 3 aromatic carbocycles. The molecule has 0 aliphatic carbocycles. The van der Waals surface area contributed by atoms with Gasteiger partial charge >= 0.3 is 0 Å². The molecule has 1 saturated heterocycles. The van der Waals surface area contributed by atoms with Crippen LogP contribution in [0.3, 0.4) is 0 Å². The van der Waals surface area contributed by atoms with Gasteiger partial charge in [-0.3, -0.25) is 0 Å². The molecule has 34 heavy (non-hydrogen) atoms. The molecule has 1 fully saturated rings. The van der Waals surface area contributed by atoms with E-state index in [1.807, 2.05) is 42.5 Å². The Kier molecular flexibility index (Phi) is 6.25. The van der Waals surface area contributed by atoms with Gasteiger partial charge in [-0.05, 0) is 48.0 Å². The van der Waals surface area contributed by atoms with Crippen molar-refractivity contribution in [1.29, 1.82) is 0 Å². The van der Waals surface area contributed by atoms with Crippen molar-refractivity contribution in [3.63, 3.8) is 0 Å². The van der Waals surface area contributed by atoms with Gasteiger partial charge in [0.1, 0.15) is 22.8 Å². The lowest BCUT2D eigenvalue weighted by Gasteiger charge is -2.20. The molecule has 0 amide bonds. The average molecular weight is 478 g/mol. The first-order chi connectivity index (χ1) is 16.6. The van der Waals surface area contributed by atoms with Gasteiger partial charge in [-0.1, -0.05) is 36.0 Å². The van der Waals surface area contributed by atoms with E-state index in [1.165, 1.54) is 0 Å². The van der Waals surface area contributed by atoms with Crippen LogP contribution in [0, 0.1) is 0 Å². The highest BCUT2D eigenvalue weighted by Gasteiger charge is 2.31. The highest BCUT2D eigenvalue weighted by Crippen LogP contribution is 2.46. The molecule has 1 aromatic heterocycles. The minimum Gasteiger partial charge on any atom is -0.497 e. The van der Waals surface area contributed by atoms with Crippen molar-refractivity contribution in [2.45, 2.75) is 11.1 Å². The Morgan fingerprint density at radius 2 is 1.65 bits per heavy atom. The lowest BCUT2D eigenvalue weighted by atomic mass is 10.0. The van der Waals surface area contributed by atoms with Gasteiger partial charge in [-0.15, -0.1) is 0 Å². The molecule has 2 unspecified atom stereocenters. The predicted octanol–water partition coefficient (Wildman–Crippen LogP) is 4.88. The molecular weight excluding hydrogens is 450 g/mol. The number of nitrogens with zero attached hydrogens (tertiary/aromatic N) is 1. The number of thioether (sulfide) groups is 1. The van der Waals surface area contributed by atoms with Gasteiger partial charge in [0.25, 0.3) is 0 Å². The number of rotatable bonds is 7. The van der Waals surface area contributed by atoms with E-state index in [0.717, 1.165) is 45.0 Å². The first-order valence-electron chi connectivity index (χ1n) is 10.8. The van der Waals surface area contributed by atoms with Gasteiger partial charge in [-0.2, -0.15) is 0 Å². The zero-order chi connectivity index (χ0) is 23.7. The van der Waals surface area contributed by atoms with Crippen LogP contribution in [0.2, 0.25) is 0 Å². The van der Waals surface area contributed by atoms with Crippen molar-refractivity contribution in [2.24, 2.45) is 0 Å². The van der Waals surface area contributed by atoms with E-state index >= 15 is 0 Å². The van der Waals surface area contributed by atoms with Crippen LogP contribution < -0.4 is 31.4 Å². The molecule has 2 heterocycles. The lowest BCUT2D eigenvalue weighted by Crippen LogP contribution is -2.33. The molecule has 1 aliphatic rings. The lowest BCUT2D eigenvalue weighted by molar-refractivity contribution is 0.140. The third kappa shape index (κ3) is 4.03. The second-order valence-electron chi connectivity index (χ2n) is 7.76. The SMILES string of the molecule is COc1ccc(-c2c(Nc3ccccc3N)n(C3NNC(OC)S3)c3ccc(OC)cc23)cc1. The summed E-state index contributed by atoms with van der Waals surface area (Å²) < 4.78 is 18.7. The number of hydrazine groups is 1. The van der Waals surface area contributed by atoms with Crippen molar-refractivity contribution in [3.8, 4) is 22.6 Å². The number of ether oxygens (including phenoxy) is 3. The fourth-order valence-corrected chi connectivity index (χ4v) is 5.10. The van der Waals surface area contributed by atoms with E-state index < -0.39 is 0 Å². The summed E-state index contributed by atoms with van der Waals surface area (Å²) in [5.74, 6) is 2.48. The van der Waals surface area contributed by atoms with Crippen molar-refractivity contribution in [2.75, 3.05) is 32.4 Å². The van der Waals surface area contributed by atoms with Gasteiger partial charge < -0.3 is 29.8 Å². The molecule has 0 radical (unpaired) electrons. The second-order valence-corrected chi connectivity index (χ2v) is 8.91. The smallest absolute Gasteiger partial charge is 0.171 e. The molecule has 176 valence electrons. The molecular formula is C25H27N5O3S. The number of aromatic nitrogens is 1. The summed E-state index contributed by atoms with van der Waals surface area (Å²) in [7, 11) is 5.02. The summed E-state index contributed by atoms with van der Waals surface area (Å²) in [5.41, 5.74) is 17.1. The van der Waals surface area contributed by atoms with Crippen LogP contribution in [0.1, 0.15) is 5.50 Å². The standard InChI is InChI=1S/C25H27N5O3S/c1-31-16-10-8-15(9-11-16)22-18-14-17(32-2)12-13-21(18)30(24-28-29-25(33-3)34-24)23(22)27-20-7-5-4-6-19(20)26/h4-14,24-25,27-29H,26H2,1-3H3. The van der Waals surface area contributed by atoms with Gasteiger partial charge in [-0.25, -0.2) is 10.9 Å². The van der Waals surface area contributed by atoms with E-state index in [9.17, 15) is 0 Å². The molecule has 9 heteroatoms. The van der Waals surface area contributed by atoms with Gasteiger partial charge in [0.2, 0.25) is 0 Å². The number of benzene rings is 3. The van der Waals surface area contributed by atoms with Crippen LogP contribution in [0.5, 0.6) is 11.5 Å². The minimum atomic E-state index is -0.181. The summed E-state index contributed by atoms with van der Waals surface area (Å²) >= 11 is 1.63. The number of nitrogen functional groups attached to an aromatic ring is 1. The summed E-state index contributed by atoms with van der Waals surface area (Å²) in [6, 6.07) is 21.9. The summed E-state index contributed by atoms with van der Waals surface area (Å²) in [4.78, 5) is 0. The average Bonchev–Trinajstić information content (AvgIpc) is 3.47. The highest BCUT2D eigenvalue weighted by atomic mass is 32.2. The Bertz CT molecular complexity index is 1310. The molecule has 0 spiro atoms. The van der Waals surface area contributed by atoms with Crippen LogP contribution in [0.25, 0.3) is 22.0 Å². The Morgan fingerprint density at radius 1 is 0.912 bits per heavy atom. The topological polar surface area (TPSA) is 94.7 Å². The number of fused-ring (bicyclic) bond motifs is 1. The first kappa shape index (κ1) is 22.4. The van der Waals surface area contributed by atoms with Crippen molar-refractivity contribution >= 4 is 39.9 Å². The first-order valence-corrected chi connectivity index (χ1v) is 11.7. The Morgan fingerprint density at radius 3 is 2.32 bits per heavy atom. The third-order valence-electron chi connectivity index (χ3n) is 5.83. The quantitative estimate of drug-likeness (QED) is 0.280. The molecule has 0 bridgehead atoms. The fourth-order valence-electron chi connectivity index (χ4n) is 4.14. The van der Waals surface area contributed by atoms with E-state index in [1.54, 1.807) is 33.1 Å². The largest absolute Gasteiger partial charge is 0.497 e. The number of nitrogens with one attached hydrogen (secondary N) is 3. The number of nitrogens with two attached hydrogens (primary N) is 1. The van der Waals surface area contributed by atoms with Crippen LogP contribution in [0.15, 0.2) is 66.7 Å². The van der Waals surface area contributed by atoms with Gasteiger partial charge in [0.05, 0.1) is 31.1 Å². The van der Waals surface area contributed by atoms with E-state index in [2.05, 4.69) is 45.0 Å². The van der Waals surface area contributed by atoms with Gasteiger partial charge in [0.15, 0.2) is 5.56 Å². The second kappa shape index (κ2) is 9.47. The fraction of sp³-hybridized carbons (Fsp3) is 0.200. The summed E-state index contributed by atoms with van der Waals surface area (Å²) in [6.45, 7) is 0. The number of anilines is 3. The maximum absolute atomic E-state index is 6.32. The maximum atomic E-state index is 6.32. The Hall–Kier alpha value is -3.37. The molecule has 8 nitrogen and oxygen atoms in total. The Balaban J connectivity index is 1.77. The zero-order valence-electron chi connectivity index (χ0n) is 19.2. The van der Waals surface area contributed by atoms with E-state index in [0.29, 0.717) is 5.69 Å². The monoisotopic (exact) mass is 477 g/mol. The minimum absolute atomic E-state index is 0.139. The number of para-hydroxylation sites is 2. The maximum Gasteiger partial charge on any atom is 0.171 e. The number of hydrogen-bond acceptors (Lipinski definition) is 8. The normalized spacial score (nSPS) is 17.7. The Labute approximate surface area is 202 Å². The number of hydrogen-bond donors (Lipinski definition) is 4. The molecule has 2 atom stereocenters.